The van der Waals surface area contributed by atoms with Gasteiger partial charge in [-0.15, -0.1) is 0 Å². The minimum atomic E-state index is -1.03. The van der Waals surface area contributed by atoms with Gasteiger partial charge in [-0.2, -0.15) is 0 Å². The number of carboxylic acids is 1. The lowest BCUT2D eigenvalue weighted by Crippen LogP contribution is -2.41. The maximum atomic E-state index is 12.2. The van der Waals surface area contributed by atoms with Crippen LogP contribution in [0, 0.1) is 6.92 Å². The minimum Gasteiger partial charge on any atom is -0.480 e. The fourth-order valence-electron chi connectivity index (χ4n) is 1.81. The molecule has 0 aliphatic rings. The second-order valence-corrected chi connectivity index (χ2v) is 4.54. The van der Waals surface area contributed by atoms with E-state index in [1.807, 2.05) is 26.0 Å². The molecule has 1 aromatic rings. The van der Waals surface area contributed by atoms with E-state index in [4.69, 9.17) is 10.8 Å². The highest BCUT2D eigenvalue weighted by Crippen LogP contribution is 2.14. The first-order chi connectivity index (χ1) is 8.95. The normalized spacial score (nSPS) is 11.9. The van der Waals surface area contributed by atoms with Crippen molar-refractivity contribution >= 4 is 11.9 Å². The summed E-state index contributed by atoms with van der Waals surface area (Å²) in [4.78, 5) is 24.2. The van der Waals surface area contributed by atoms with E-state index in [1.54, 1.807) is 12.1 Å². The van der Waals surface area contributed by atoms with Gasteiger partial charge >= 0.3 is 5.97 Å². The van der Waals surface area contributed by atoms with Crippen LogP contribution in [0.15, 0.2) is 24.3 Å². The third kappa shape index (κ3) is 4.37. The van der Waals surface area contributed by atoms with Crippen molar-refractivity contribution in [3.8, 4) is 0 Å². The quantitative estimate of drug-likeness (QED) is 0.811. The maximum Gasteiger partial charge on any atom is 0.323 e. The molecular weight excluding hydrogens is 244 g/mol. The summed E-state index contributed by atoms with van der Waals surface area (Å²) in [7, 11) is 0. The van der Waals surface area contributed by atoms with Crippen molar-refractivity contribution in [2.45, 2.75) is 26.3 Å². The van der Waals surface area contributed by atoms with Crippen LogP contribution in [-0.2, 0) is 9.59 Å². The Hall–Kier alpha value is -1.88. The second kappa shape index (κ2) is 6.89. The molecule has 1 unspecified atom stereocenters. The Balaban J connectivity index is 2.83. The SMILES string of the molecule is CCCN(CC(=O)O)C(=O)C(N)c1ccc(C)cc1. The summed E-state index contributed by atoms with van der Waals surface area (Å²) in [6.45, 7) is 3.92. The number of carboxylic acid groups (broad SMARTS) is 1. The summed E-state index contributed by atoms with van der Waals surface area (Å²) >= 11 is 0. The molecule has 5 heteroatoms. The van der Waals surface area contributed by atoms with Crippen LogP contribution in [-0.4, -0.2) is 35.0 Å². The number of carbonyl (C=O) groups excluding carboxylic acids is 1. The van der Waals surface area contributed by atoms with Gasteiger partial charge in [-0.1, -0.05) is 36.8 Å². The molecule has 0 heterocycles. The molecule has 0 fully saturated rings. The molecule has 3 N–H and O–H groups in total. The summed E-state index contributed by atoms with van der Waals surface area (Å²) in [5.74, 6) is -1.38. The Labute approximate surface area is 113 Å². The average molecular weight is 264 g/mol. The monoisotopic (exact) mass is 264 g/mol. The van der Waals surface area contributed by atoms with Gasteiger partial charge in [0, 0.05) is 6.54 Å². The summed E-state index contributed by atoms with van der Waals surface area (Å²) in [5, 5.41) is 8.81. The van der Waals surface area contributed by atoms with Gasteiger partial charge in [0.05, 0.1) is 0 Å². The fourth-order valence-corrected chi connectivity index (χ4v) is 1.81. The molecule has 1 amide bonds. The molecule has 0 bridgehead atoms. The van der Waals surface area contributed by atoms with Gasteiger partial charge in [-0.25, -0.2) is 0 Å². The maximum absolute atomic E-state index is 12.2. The van der Waals surface area contributed by atoms with Gasteiger partial charge < -0.3 is 15.7 Å². The van der Waals surface area contributed by atoms with Gasteiger partial charge in [0.25, 0.3) is 0 Å². The van der Waals surface area contributed by atoms with Crippen molar-refractivity contribution in [1.82, 2.24) is 4.90 Å². The van der Waals surface area contributed by atoms with E-state index in [0.29, 0.717) is 18.5 Å². The van der Waals surface area contributed by atoms with Gasteiger partial charge in [0.1, 0.15) is 12.6 Å². The van der Waals surface area contributed by atoms with Crippen molar-refractivity contribution in [1.29, 1.82) is 0 Å². The molecular formula is C14H20N2O3. The lowest BCUT2D eigenvalue weighted by molar-refractivity contribution is -0.145. The number of nitrogens with zero attached hydrogens (tertiary/aromatic N) is 1. The third-order valence-corrected chi connectivity index (χ3v) is 2.83. The zero-order chi connectivity index (χ0) is 14.4. The zero-order valence-corrected chi connectivity index (χ0v) is 11.3. The zero-order valence-electron chi connectivity index (χ0n) is 11.3. The van der Waals surface area contributed by atoms with Crippen molar-refractivity contribution in [3.63, 3.8) is 0 Å². The van der Waals surface area contributed by atoms with Crippen molar-refractivity contribution in [3.05, 3.63) is 35.4 Å². The highest BCUT2D eigenvalue weighted by Gasteiger charge is 2.23. The number of rotatable bonds is 6. The number of aryl methyl sites for hydroxylation is 1. The first kappa shape index (κ1) is 15.2. The van der Waals surface area contributed by atoms with Crippen LogP contribution < -0.4 is 5.73 Å². The van der Waals surface area contributed by atoms with E-state index in [-0.39, 0.29) is 12.5 Å². The molecule has 0 saturated carbocycles. The predicted octanol–water partition coefficient (Wildman–Crippen LogP) is 1.32. The van der Waals surface area contributed by atoms with Crippen LogP contribution in [0.5, 0.6) is 0 Å². The molecule has 1 rings (SSSR count). The molecule has 5 nitrogen and oxygen atoms in total. The van der Waals surface area contributed by atoms with Crippen LogP contribution in [0.3, 0.4) is 0 Å². The predicted molar refractivity (Wildman–Crippen MR) is 72.6 cm³/mol. The Kier molecular flexibility index (Phi) is 5.51. The van der Waals surface area contributed by atoms with E-state index < -0.39 is 12.0 Å². The van der Waals surface area contributed by atoms with Crippen LogP contribution in [0.25, 0.3) is 0 Å². The second-order valence-electron chi connectivity index (χ2n) is 4.54. The van der Waals surface area contributed by atoms with Gasteiger partial charge in [-0.3, -0.25) is 9.59 Å². The van der Waals surface area contributed by atoms with Crippen LogP contribution in [0.1, 0.15) is 30.5 Å². The number of carbonyl (C=O) groups is 2. The van der Waals surface area contributed by atoms with Crippen LogP contribution >= 0.6 is 0 Å². The van der Waals surface area contributed by atoms with Crippen molar-refractivity contribution in [2.24, 2.45) is 5.73 Å². The van der Waals surface area contributed by atoms with Gasteiger partial charge in [0.15, 0.2) is 0 Å². The van der Waals surface area contributed by atoms with E-state index >= 15 is 0 Å². The Morgan fingerprint density at radius 3 is 2.37 bits per heavy atom. The third-order valence-electron chi connectivity index (χ3n) is 2.83. The van der Waals surface area contributed by atoms with E-state index in [1.165, 1.54) is 4.90 Å². The number of aliphatic carboxylic acids is 1. The summed E-state index contributed by atoms with van der Waals surface area (Å²) < 4.78 is 0. The number of hydrogen-bond donors (Lipinski definition) is 2. The van der Waals surface area contributed by atoms with Crippen molar-refractivity contribution in [2.75, 3.05) is 13.1 Å². The topological polar surface area (TPSA) is 83.6 Å². The molecule has 0 aromatic heterocycles. The van der Waals surface area contributed by atoms with E-state index in [0.717, 1.165) is 5.56 Å². The molecule has 0 spiro atoms. The summed E-state index contributed by atoms with van der Waals surface area (Å²) in [6, 6.07) is 6.53. The number of hydrogen-bond acceptors (Lipinski definition) is 3. The molecule has 1 atom stereocenters. The first-order valence-electron chi connectivity index (χ1n) is 6.28. The number of amides is 1. The highest BCUT2D eigenvalue weighted by molar-refractivity contribution is 5.86. The lowest BCUT2D eigenvalue weighted by atomic mass is 10.0. The number of nitrogens with two attached hydrogens (primary N) is 1. The van der Waals surface area contributed by atoms with E-state index in [9.17, 15) is 9.59 Å². The van der Waals surface area contributed by atoms with Crippen LogP contribution in [0.4, 0.5) is 0 Å². The molecule has 19 heavy (non-hydrogen) atoms. The standard InChI is InChI=1S/C14H20N2O3/c1-3-8-16(9-12(17)18)14(19)13(15)11-6-4-10(2)5-7-11/h4-7,13H,3,8-9,15H2,1-2H3,(H,17,18). The van der Waals surface area contributed by atoms with Gasteiger partial charge in [-0.05, 0) is 18.9 Å². The molecule has 104 valence electrons. The largest absolute Gasteiger partial charge is 0.480 e. The van der Waals surface area contributed by atoms with Gasteiger partial charge in [0.2, 0.25) is 5.91 Å². The molecule has 0 saturated heterocycles. The highest BCUT2D eigenvalue weighted by atomic mass is 16.4. The fraction of sp³-hybridized carbons (Fsp3) is 0.429. The smallest absolute Gasteiger partial charge is 0.323 e. The lowest BCUT2D eigenvalue weighted by Gasteiger charge is -2.23. The summed E-state index contributed by atoms with van der Waals surface area (Å²) in [5.41, 5.74) is 7.69. The molecule has 0 radical (unpaired) electrons. The van der Waals surface area contributed by atoms with Crippen LogP contribution in [0.2, 0.25) is 0 Å². The Bertz CT molecular complexity index is 443. The van der Waals surface area contributed by atoms with E-state index in [2.05, 4.69) is 0 Å². The molecule has 0 aliphatic carbocycles. The number of benzene rings is 1. The average Bonchev–Trinajstić information content (AvgIpc) is 2.37. The Morgan fingerprint density at radius 1 is 1.32 bits per heavy atom. The molecule has 0 aliphatic heterocycles. The minimum absolute atomic E-state index is 0.313. The Morgan fingerprint density at radius 2 is 1.89 bits per heavy atom. The first-order valence-corrected chi connectivity index (χ1v) is 6.28. The van der Waals surface area contributed by atoms with Crippen molar-refractivity contribution < 1.29 is 14.7 Å². The summed E-state index contributed by atoms with van der Waals surface area (Å²) in [6.07, 6.45) is 0.694. The molecule has 1 aromatic carbocycles.